The fourth-order valence-electron chi connectivity index (χ4n) is 3.25. The molecular weight excluding hydrogens is 479 g/mol. The summed E-state index contributed by atoms with van der Waals surface area (Å²) in [5.41, 5.74) is 1.21. The molecule has 6 nitrogen and oxygen atoms in total. The minimum absolute atomic E-state index is 0. The van der Waals surface area contributed by atoms with Crippen molar-refractivity contribution in [3.8, 4) is 0 Å². The number of benzene rings is 1. The molecule has 0 spiro atoms. The molecule has 1 atom stereocenters. The minimum Gasteiger partial charge on any atom is -0.393 e. The SMILES string of the molecule is CCNC(=NCC(C)COCc1ccccc1)NCCCN1CCC(O)CC1.I. The van der Waals surface area contributed by atoms with Gasteiger partial charge < -0.3 is 25.4 Å². The number of likely N-dealkylation sites (tertiary alicyclic amines) is 1. The first-order chi connectivity index (χ1) is 13.7. The van der Waals surface area contributed by atoms with Crippen LogP contribution in [-0.2, 0) is 11.3 Å². The molecule has 0 saturated carbocycles. The van der Waals surface area contributed by atoms with Crippen LogP contribution in [0.1, 0.15) is 38.7 Å². The highest BCUT2D eigenvalue weighted by Crippen LogP contribution is 2.09. The molecule has 1 saturated heterocycles. The molecule has 166 valence electrons. The number of hydrogen-bond donors (Lipinski definition) is 3. The summed E-state index contributed by atoms with van der Waals surface area (Å²) in [5, 5.41) is 16.3. The number of halogens is 1. The van der Waals surface area contributed by atoms with Crippen molar-refractivity contribution >= 4 is 29.9 Å². The molecule has 1 heterocycles. The maximum Gasteiger partial charge on any atom is 0.191 e. The van der Waals surface area contributed by atoms with Crippen LogP contribution < -0.4 is 10.6 Å². The Kier molecular flexibility index (Phi) is 14.3. The molecule has 0 aliphatic carbocycles. The Hall–Kier alpha value is -0.900. The lowest BCUT2D eigenvalue weighted by atomic mass is 10.1. The zero-order valence-corrected chi connectivity index (χ0v) is 20.3. The third kappa shape index (κ3) is 11.8. The third-order valence-corrected chi connectivity index (χ3v) is 4.92. The summed E-state index contributed by atoms with van der Waals surface area (Å²) in [7, 11) is 0. The summed E-state index contributed by atoms with van der Waals surface area (Å²) in [6.07, 6.45) is 2.79. The van der Waals surface area contributed by atoms with E-state index >= 15 is 0 Å². The number of guanidine groups is 1. The second-order valence-corrected chi connectivity index (χ2v) is 7.68. The van der Waals surface area contributed by atoms with Crippen LogP contribution >= 0.6 is 24.0 Å². The van der Waals surface area contributed by atoms with Gasteiger partial charge in [-0.05, 0) is 44.2 Å². The van der Waals surface area contributed by atoms with E-state index in [-0.39, 0.29) is 30.1 Å². The predicted molar refractivity (Wildman–Crippen MR) is 131 cm³/mol. The van der Waals surface area contributed by atoms with Gasteiger partial charge in [0.25, 0.3) is 0 Å². The lowest BCUT2D eigenvalue weighted by Gasteiger charge is -2.29. The van der Waals surface area contributed by atoms with E-state index in [1.807, 2.05) is 18.2 Å². The van der Waals surface area contributed by atoms with E-state index in [1.165, 1.54) is 5.56 Å². The molecule has 1 aromatic rings. The van der Waals surface area contributed by atoms with Gasteiger partial charge in [-0.2, -0.15) is 0 Å². The highest BCUT2D eigenvalue weighted by Gasteiger charge is 2.16. The first-order valence-corrected chi connectivity index (χ1v) is 10.7. The molecule has 1 aromatic carbocycles. The van der Waals surface area contributed by atoms with Crippen LogP contribution in [0, 0.1) is 5.92 Å². The normalized spacial score (nSPS) is 16.9. The van der Waals surface area contributed by atoms with Gasteiger partial charge in [-0.1, -0.05) is 37.3 Å². The fourth-order valence-corrected chi connectivity index (χ4v) is 3.25. The van der Waals surface area contributed by atoms with Crippen LogP contribution in [0.4, 0.5) is 0 Å². The van der Waals surface area contributed by atoms with Crippen LogP contribution in [0.25, 0.3) is 0 Å². The van der Waals surface area contributed by atoms with Crippen molar-refractivity contribution in [2.75, 3.05) is 45.9 Å². The molecule has 1 aliphatic rings. The Labute approximate surface area is 193 Å². The average Bonchev–Trinajstić information content (AvgIpc) is 2.71. The van der Waals surface area contributed by atoms with Crippen LogP contribution in [0.3, 0.4) is 0 Å². The molecular formula is C22H39IN4O2. The van der Waals surface area contributed by atoms with Crippen LogP contribution in [0.2, 0.25) is 0 Å². The minimum atomic E-state index is -0.0967. The molecule has 1 unspecified atom stereocenters. The monoisotopic (exact) mass is 518 g/mol. The standard InChI is InChI=1S/C22H38N4O2.HI/c1-3-23-22(24-12-7-13-26-14-10-21(27)11-15-26)25-16-19(2)17-28-18-20-8-5-4-6-9-20;/h4-6,8-9,19,21,27H,3,7,10-18H2,1-2H3,(H2,23,24,25);1H. The van der Waals surface area contributed by atoms with Gasteiger partial charge >= 0.3 is 0 Å². The highest BCUT2D eigenvalue weighted by atomic mass is 127. The number of piperidine rings is 1. The first-order valence-electron chi connectivity index (χ1n) is 10.7. The molecule has 3 N–H and O–H groups in total. The van der Waals surface area contributed by atoms with E-state index < -0.39 is 0 Å². The summed E-state index contributed by atoms with van der Waals surface area (Å²) >= 11 is 0. The molecule has 0 radical (unpaired) electrons. The van der Waals surface area contributed by atoms with Gasteiger partial charge in [0.05, 0.1) is 19.3 Å². The summed E-state index contributed by atoms with van der Waals surface area (Å²) in [6, 6.07) is 10.3. The summed E-state index contributed by atoms with van der Waals surface area (Å²) < 4.78 is 5.81. The molecule has 0 aromatic heterocycles. The Morgan fingerprint density at radius 2 is 1.97 bits per heavy atom. The quantitative estimate of drug-likeness (QED) is 0.182. The largest absolute Gasteiger partial charge is 0.393 e. The number of aliphatic imine (C=N–C) groups is 1. The van der Waals surface area contributed by atoms with Crippen molar-refractivity contribution in [2.24, 2.45) is 10.9 Å². The maximum atomic E-state index is 9.57. The lowest BCUT2D eigenvalue weighted by Crippen LogP contribution is -2.40. The number of nitrogens with zero attached hydrogens (tertiary/aromatic N) is 2. The van der Waals surface area contributed by atoms with E-state index in [2.05, 4.69) is 41.5 Å². The Balaban J connectivity index is 0.00000420. The van der Waals surface area contributed by atoms with Crippen LogP contribution in [0.15, 0.2) is 35.3 Å². The fraction of sp³-hybridized carbons (Fsp3) is 0.682. The first kappa shape index (κ1) is 26.1. The van der Waals surface area contributed by atoms with Gasteiger partial charge in [-0.3, -0.25) is 4.99 Å². The number of ether oxygens (including phenoxy) is 1. The van der Waals surface area contributed by atoms with Gasteiger partial charge in [0.15, 0.2) is 5.96 Å². The van der Waals surface area contributed by atoms with Crippen LogP contribution in [0.5, 0.6) is 0 Å². The number of aliphatic hydroxyl groups excluding tert-OH is 1. The third-order valence-electron chi connectivity index (χ3n) is 4.92. The molecule has 1 fully saturated rings. The van der Waals surface area contributed by atoms with Crippen molar-refractivity contribution in [3.63, 3.8) is 0 Å². The molecule has 0 amide bonds. The predicted octanol–water partition coefficient (Wildman–Crippen LogP) is 2.86. The number of nitrogens with one attached hydrogen (secondary N) is 2. The van der Waals surface area contributed by atoms with Gasteiger partial charge in [-0.15, -0.1) is 24.0 Å². The summed E-state index contributed by atoms with van der Waals surface area (Å²) in [4.78, 5) is 7.14. The summed E-state index contributed by atoms with van der Waals surface area (Å²) in [5.74, 6) is 1.26. The van der Waals surface area contributed by atoms with Crippen LogP contribution in [-0.4, -0.2) is 67.9 Å². The molecule has 2 rings (SSSR count). The van der Waals surface area contributed by atoms with Crippen molar-refractivity contribution in [2.45, 2.75) is 45.8 Å². The second kappa shape index (κ2) is 15.9. The van der Waals surface area contributed by atoms with Crippen molar-refractivity contribution in [3.05, 3.63) is 35.9 Å². The van der Waals surface area contributed by atoms with E-state index in [0.29, 0.717) is 19.1 Å². The number of hydrogen-bond acceptors (Lipinski definition) is 4. The van der Waals surface area contributed by atoms with Gasteiger partial charge in [0.1, 0.15) is 0 Å². The Bertz CT molecular complexity index is 551. The topological polar surface area (TPSA) is 69.1 Å². The van der Waals surface area contributed by atoms with Gasteiger partial charge in [0, 0.05) is 32.7 Å². The highest BCUT2D eigenvalue weighted by molar-refractivity contribution is 14.0. The molecule has 1 aliphatic heterocycles. The number of rotatable bonds is 11. The number of aliphatic hydroxyl groups is 1. The second-order valence-electron chi connectivity index (χ2n) is 7.68. The average molecular weight is 518 g/mol. The van der Waals surface area contributed by atoms with E-state index in [1.54, 1.807) is 0 Å². The van der Waals surface area contributed by atoms with Gasteiger partial charge in [-0.25, -0.2) is 0 Å². The van der Waals surface area contributed by atoms with E-state index in [4.69, 9.17) is 9.73 Å². The Morgan fingerprint density at radius 1 is 1.24 bits per heavy atom. The lowest BCUT2D eigenvalue weighted by molar-refractivity contribution is 0.0823. The van der Waals surface area contributed by atoms with E-state index in [9.17, 15) is 5.11 Å². The summed E-state index contributed by atoms with van der Waals surface area (Å²) in [6.45, 7) is 11.2. The molecule has 7 heteroatoms. The smallest absolute Gasteiger partial charge is 0.191 e. The van der Waals surface area contributed by atoms with Crippen molar-refractivity contribution in [1.29, 1.82) is 0 Å². The van der Waals surface area contributed by atoms with Crippen molar-refractivity contribution < 1.29 is 9.84 Å². The van der Waals surface area contributed by atoms with Gasteiger partial charge in [0.2, 0.25) is 0 Å². The van der Waals surface area contributed by atoms with E-state index in [0.717, 1.165) is 64.5 Å². The maximum absolute atomic E-state index is 9.57. The molecule has 29 heavy (non-hydrogen) atoms. The van der Waals surface area contributed by atoms with Crippen molar-refractivity contribution in [1.82, 2.24) is 15.5 Å². The zero-order chi connectivity index (χ0) is 20.0. The Morgan fingerprint density at radius 3 is 2.66 bits per heavy atom. The zero-order valence-electron chi connectivity index (χ0n) is 18.0. The molecule has 0 bridgehead atoms.